The molecule has 1 spiro atoms. The highest BCUT2D eigenvalue weighted by atomic mass is 16.5. The van der Waals surface area contributed by atoms with Crippen molar-refractivity contribution in [2.45, 2.75) is 38.2 Å². The summed E-state index contributed by atoms with van der Waals surface area (Å²) in [5, 5.41) is 7.32. The molecule has 5 rings (SSSR count). The summed E-state index contributed by atoms with van der Waals surface area (Å²) in [5.74, 6) is 0.896. The number of morpholine rings is 1. The first-order chi connectivity index (χ1) is 14.1. The van der Waals surface area contributed by atoms with Crippen molar-refractivity contribution in [2.75, 3.05) is 39.3 Å². The quantitative estimate of drug-likeness (QED) is 0.866. The van der Waals surface area contributed by atoms with Gasteiger partial charge in [0, 0.05) is 31.7 Å². The molecule has 1 unspecified atom stereocenters. The van der Waals surface area contributed by atoms with Crippen molar-refractivity contribution in [1.82, 2.24) is 20.0 Å². The van der Waals surface area contributed by atoms with Gasteiger partial charge in [0.05, 0.1) is 24.4 Å². The molecule has 2 aliphatic heterocycles. The minimum Gasteiger partial charge on any atom is -0.370 e. The number of carbonyl (C=O) groups is 1. The maximum absolute atomic E-state index is 13.1. The minimum absolute atomic E-state index is 0.0241. The molecular formula is C23H30N4O2. The second kappa shape index (κ2) is 7.58. The third-order valence-corrected chi connectivity index (χ3v) is 6.83. The van der Waals surface area contributed by atoms with E-state index >= 15 is 0 Å². The van der Waals surface area contributed by atoms with Crippen LogP contribution in [0.4, 0.5) is 0 Å². The zero-order valence-corrected chi connectivity index (χ0v) is 17.2. The summed E-state index contributed by atoms with van der Waals surface area (Å²) < 4.78 is 6.23. The van der Waals surface area contributed by atoms with E-state index in [1.165, 1.54) is 31.4 Å². The number of nitrogens with zero attached hydrogens (tertiary/aromatic N) is 3. The average Bonchev–Trinajstić information content (AvgIpc) is 3.33. The number of H-pyrrole nitrogens is 1. The Hall–Kier alpha value is -2.18. The molecule has 1 aliphatic carbocycles. The monoisotopic (exact) mass is 394 g/mol. The highest BCUT2D eigenvalue weighted by Gasteiger charge is 2.44. The number of benzene rings is 1. The fraction of sp³-hybridized carbons (Fsp3) is 0.565. The summed E-state index contributed by atoms with van der Waals surface area (Å²) in [6, 6.07) is 10.1. The average molecular weight is 395 g/mol. The number of aromatic amines is 1. The van der Waals surface area contributed by atoms with Gasteiger partial charge < -0.3 is 14.5 Å². The number of aryl methyl sites for hydroxylation is 1. The molecule has 154 valence electrons. The van der Waals surface area contributed by atoms with E-state index < -0.39 is 0 Å². The zero-order valence-electron chi connectivity index (χ0n) is 17.2. The Kier molecular flexibility index (Phi) is 4.92. The molecule has 29 heavy (non-hydrogen) atoms. The molecule has 1 aromatic carbocycles. The van der Waals surface area contributed by atoms with Gasteiger partial charge in [-0.05, 0) is 38.2 Å². The van der Waals surface area contributed by atoms with Crippen molar-refractivity contribution in [3.63, 3.8) is 0 Å². The fourth-order valence-corrected chi connectivity index (χ4v) is 4.86. The summed E-state index contributed by atoms with van der Waals surface area (Å²) in [7, 11) is 0. The number of ether oxygens (including phenoxy) is 1. The molecule has 0 radical (unpaired) electrons. The molecule has 1 saturated carbocycles. The van der Waals surface area contributed by atoms with Crippen molar-refractivity contribution >= 4 is 5.91 Å². The normalized spacial score (nSPS) is 25.5. The van der Waals surface area contributed by atoms with E-state index in [-0.39, 0.29) is 11.5 Å². The summed E-state index contributed by atoms with van der Waals surface area (Å²) in [5.41, 5.74) is 3.40. The Morgan fingerprint density at radius 3 is 2.83 bits per heavy atom. The van der Waals surface area contributed by atoms with E-state index in [4.69, 9.17) is 4.74 Å². The Labute approximate surface area is 172 Å². The maximum Gasteiger partial charge on any atom is 0.272 e. The van der Waals surface area contributed by atoms with Crippen LogP contribution in [-0.4, -0.2) is 70.8 Å². The second-order valence-corrected chi connectivity index (χ2v) is 9.07. The molecule has 1 atom stereocenters. The number of nitrogens with one attached hydrogen (secondary N) is 1. The number of likely N-dealkylation sites (tertiary alicyclic amines) is 1. The van der Waals surface area contributed by atoms with Crippen LogP contribution in [0.15, 0.2) is 30.3 Å². The molecular weight excluding hydrogens is 364 g/mol. The summed E-state index contributed by atoms with van der Waals surface area (Å²) in [6.45, 7) is 7.22. The molecule has 2 aromatic rings. The number of hydrogen-bond donors (Lipinski definition) is 1. The zero-order chi connectivity index (χ0) is 19.8. The van der Waals surface area contributed by atoms with E-state index in [1.807, 2.05) is 23.1 Å². The third kappa shape index (κ3) is 3.83. The largest absolute Gasteiger partial charge is 0.370 e. The lowest BCUT2D eigenvalue weighted by atomic mass is 9.85. The van der Waals surface area contributed by atoms with Gasteiger partial charge in [0.15, 0.2) is 0 Å². The van der Waals surface area contributed by atoms with Crippen LogP contribution in [0.25, 0.3) is 11.3 Å². The van der Waals surface area contributed by atoms with Crippen molar-refractivity contribution < 1.29 is 9.53 Å². The predicted octanol–water partition coefficient (Wildman–Crippen LogP) is 3.10. The minimum atomic E-state index is -0.197. The van der Waals surface area contributed by atoms with Crippen LogP contribution in [0.2, 0.25) is 0 Å². The SMILES string of the molecule is Cc1ccc(-c2cc(C(=O)N3CCOC4(CCN(CC5CCC5)C4)C3)[nH]n2)cc1. The number of carbonyl (C=O) groups excluding carboxylic acids is 1. The van der Waals surface area contributed by atoms with Gasteiger partial charge in [0.1, 0.15) is 5.69 Å². The lowest BCUT2D eigenvalue weighted by Crippen LogP contribution is -2.55. The van der Waals surface area contributed by atoms with Crippen LogP contribution >= 0.6 is 0 Å². The lowest BCUT2D eigenvalue weighted by Gasteiger charge is -2.40. The maximum atomic E-state index is 13.1. The van der Waals surface area contributed by atoms with Gasteiger partial charge in [-0.15, -0.1) is 0 Å². The molecule has 6 heteroatoms. The Balaban J connectivity index is 1.25. The first-order valence-electron chi connectivity index (χ1n) is 10.9. The van der Waals surface area contributed by atoms with Gasteiger partial charge in [0.25, 0.3) is 5.91 Å². The molecule has 3 fully saturated rings. The Bertz CT molecular complexity index is 873. The first-order valence-corrected chi connectivity index (χ1v) is 10.9. The van der Waals surface area contributed by atoms with Crippen LogP contribution < -0.4 is 0 Å². The molecule has 6 nitrogen and oxygen atoms in total. The predicted molar refractivity (Wildman–Crippen MR) is 112 cm³/mol. The second-order valence-electron chi connectivity index (χ2n) is 9.07. The molecule has 1 aromatic heterocycles. The van der Waals surface area contributed by atoms with Crippen LogP contribution in [0.1, 0.15) is 41.7 Å². The molecule has 3 heterocycles. The standard InChI is InChI=1S/C23H30N4O2/c1-17-5-7-19(8-6-17)20-13-21(25-24-20)22(28)27-11-12-29-23(16-27)9-10-26(15-23)14-18-3-2-4-18/h5-8,13,18H,2-4,9-12,14-16H2,1H3,(H,24,25). The fourth-order valence-electron chi connectivity index (χ4n) is 4.86. The highest BCUT2D eigenvalue weighted by molar-refractivity contribution is 5.93. The van der Waals surface area contributed by atoms with Crippen molar-refractivity contribution in [3.05, 3.63) is 41.6 Å². The van der Waals surface area contributed by atoms with E-state index in [1.54, 1.807) is 0 Å². The molecule has 1 amide bonds. The van der Waals surface area contributed by atoms with Crippen molar-refractivity contribution in [1.29, 1.82) is 0 Å². The number of hydrogen-bond acceptors (Lipinski definition) is 4. The number of rotatable bonds is 4. The van der Waals surface area contributed by atoms with Gasteiger partial charge in [-0.1, -0.05) is 36.2 Å². The van der Waals surface area contributed by atoms with E-state index in [9.17, 15) is 4.79 Å². The topological polar surface area (TPSA) is 61.5 Å². The molecule has 3 aliphatic rings. The molecule has 1 N–H and O–H groups in total. The summed E-state index contributed by atoms with van der Waals surface area (Å²) in [4.78, 5) is 17.6. The van der Waals surface area contributed by atoms with Crippen molar-refractivity contribution in [3.8, 4) is 11.3 Å². The van der Waals surface area contributed by atoms with Crippen LogP contribution in [0, 0.1) is 12.8 Å². The van der Waals surface area contributed by atoms with Gasteiger partial charge >= 0.3 is 0 Å². The van der Waals surface area contributed by atoms with Gasteiger partial charge in [-0.2, -0.15) is 5.10 Å². The van der Waals surface area contributed by atoms with Crippen LogP contribution in [0.3, 0.4) is 0 Å². The Morgan fingerprint density at radius 2 is 2.07 bits per heavy atom. The Morgan fingerprint density at radius 1 is 1.24 bits per heavy atom. The number of aromatic nitrogens is 2. The van der Waals surface area contributed by atoms with Crippen molar-refractivity contribution in [2.24, 2.45) is 5.92 Å². The van der Waals surface area contributed by atoms with Gasteiger partial charge in [-0.25, -0.2) is 0 Å². The summed E-state index contributed by atoms with van der Waals surface area (Å²) in [6.07, 6.45) is 5.15. The van der Waals surface area contributed by atoms with Crippen LogP contribution in [0.5, 0.6) is 0 Å². The van der Waals surface area contributed by atoms with E-state index in [0.29, 0.717) is 25.4 Å². The van der Waals surface area contributed by atoms with E-state index in [0.717, 1.165) is 36.7 Å². The van der Waals surface area contributed by atoms with Gasteiger partial charge in [-0.3, -0.25) is 9.89 Å². The number of amides is 1. The van der Waals surface area contributed by atoms with Crippen LogP contribution in [-0.2, 0) is 4.74 Å². The van der Waals surface area contributed by atoms with E-state index in [2.05, 4.69) is 34.2 Å². The van der Waals surface area contributed by atoms with Gasteiger partial charge in [0.2, 0.25) is 0 Å². The first kappa shape index (κ1) is 18.8. The summed E-state index contributed by atoms with van der Waals surface area (Å²) >= 11 is 0. The lowest BCUT2D eigenvalue weighted by molar-refractivity contribution is -0.0924. The third-order valence-electron chi connectivity index (χ3n) is 6.83. The smallest absolute Gasteiger partial charge is 0.272 e. The molecule has 0 bridgehead atoms. The highest BCUT2D eigenvalue weighted by Crippen LogP contribution is 2.33. The molecule has 2 saturated heterocycles.